The van der Waals surface area contributed by atoms with E-state index >= 15 is 0 Å². The van der Waals surface area contributed by atoms with E-state index < -0.39 is 0 Å². The van der Waals surface area contributed by atoms with Gasteiger partial charge in [-0.3, -0.25) is 9.59 Å². The van der Waals surface area contributed by atoms with Gasteiger partial charge in [0.2, 0.25) is 0 Å². The highest BCUT2D eigenvalue weighted by Crippen LogP contribution is 2.38. The Labute approximate surface area is 166 Å². The Hall–Kier alpha value is -2.88. The largest absolute Gasteiger partial charge is 0.366 e. The Morgan fingerprint density at radius 2 is 1.54 bits per heavy atom. The molecule has 0 saturated carbocycles. The molecule has 0 N–H and O–H groups in total. The summed E-state index contributed by atoms with van der Waals surface area (Å²) < 4.78 is 0. The molecule has 0 atom stereocenters. The van der Waals surface area contributed by atoms with E-state index in [1.807, 2.05) is 58.0 Å². The Balaban J connectivity index is 1.90. The number of anilines is 1. The van der Waals surface area contributed by atoms with Crippen LogP contribution < -0.4 is 4.90 Å². The van der Waals surface area contributed by atoms with Crippen LogP contribution in [0.15, 0.2) is 42.1 Å². The molecular formula is C24H26N2O2. The van der Waals surface area contributed by atoms with Gasteiger partial charge in [0.25, 0.3) is 11.8 Å². The number of likely N-dealkylation sites (tertiary alicyclic amines) is 1. The van der Waals surface area contributed by atoms with Gasteiger partial charge in [0.15, 0.2) is 0 Å². The molecule has 4 rings (SSSR count). The Morgan fingerprint density at radius 3 is 2.21 bits per heavy atom. The van der Waals surface area contributed by atoms with Crippen LogP contribution in [0, 0.1) is 27.7 Å². The fraction of sp³-hybridized carbons (Fsp3) is 0.333. The lowest BCUT2D eigenvalue weighted by atomic mass is 9.97. The first-order chi connectivity index (χ1) is 13.4. The minimum absolute atomic E-state index is 0.199. The standard InChI is InChI=1S/C24H26N2O2/c1-15-10-11-19(17(3)14-15)21-22(25-12-5-6-13-25)24(28)26(23(21)27)20-9-7-8-16(2)18(20)4/h7-11,14H,5-6,12-13H2,1-4H3. The van der Waals surface area contributed by atoms with Crippen molar-refractivity contribution in [1.29, 1.82) is 0 Å². The van der Waals surface area contributed by atoms with Gasteiger partial charge < -0.3 is 4.90 Å². The molecule has 2 aliphatic rings. The Kier molecular flexibility index (Phi) is 4.58. The second-order valence-electron chi connectivity index (χ2n) is 7.90. The lowest BCUT2D eigenvalue weighted by Gasteiger charge is -2.21. The number of carbonyl (C=O) groups is 2. The fourth-order valence-corrected chi connectivity index (χ4v) is 4.29. The smallest absolute Gasteiger partial charge is 0.282 e. The summed E-state index contributed by atoms with van der Waals surface area (Å²) in [6.45, 7) is 9.66. The molecule has 2 amide bonds. The minimum Gasteiger partial charge on any atom is -0.366 e. The van der Waals surface area contributed by atoms with E-state index in [1.165, 1.54) is 4.90 Å². The predicted octanol–water partition coefficient (Wildman–Crippen LogP) is 4.30. The second-order valence-corrected chi connectivity index (χ2v) is 7.90. The van der Waals surface area contributed by atoms with Crippen LogP contribution in [0.25, 0.3) is 5.57 Å². The molecule has 1 fully saturated rings. The van der Waals surface area contributed by atoms with Gasteiger partial charge in [0.05, 0.1) is 11.3 Å². The van der Waals surface area contributed by atoms with E-state index in [0.717, 1.165) is 53.7 Å². The molecule has 0 radical (unpaired) electrons. The molecule has 2 heterocycles. The van der Waals surface area contributed by atoms with Crippen LogP contribution in [-0.2, 0) is 9.59 Å². The first-order valence-electron chi connectivity index (χ1n) is 9.92. The van der Waals surface area contributed by atoms with Crippen molar-refractivity contribution in [2.45, 2.75) is 40.5 Å². The molecule has 0 aromatic heterocycles. The Morgan fingerprint density at radius 1 is 0.821 bits per heavy atom. The fourth-order valence-electron chi connectivity index (χ4n) is 4.29. The predicted molar refractivity (Wildman–Crippen MR) is 112 cm³/mol. The van der Waals surface area contributed by atoms with Crippen LogP contribution in [0.3, 0.4) is 0 Å². The maximum atomic E-state index is 13.6. The molecule has 0 unspecified atom stereocenters. The van der Waals surface area contributed by atoms with Gasteiger partial charge in [-0.25, -0.2) is 4.90 Å². The van der Waals surface area contributed by atoms with E-state index in [4.69, 9.17) is 0 Å². The zero-order chi connectivity index (χ0) is 20.0. The lowest BCUT2D eigenvalue weighted by molar-refractivity contribution is -0.120. The van der Waals surface area contributed by atoms with Gasteiger partial charge in [-0.1, -0.05) is 35.9 Å². The number of imide groups is 1. The zero-order valence-electron chi connectivity index (χ0n) is 17.0. The summed E-state index contributed by atoms with van der Waals surface area (Å²) in [5.41, 5.74) is 6.86. The van der Waals surface area contributed by atoms with Crippen molar-refractivity contribution >= 4 is 23.1 Å². The summed E-state index contributed by atoms with van der Waals surface area (Å²) in [5.74, 6) is -0.414. The highest BCUT2D eigenvalue weighted by molar-refractivity contribution is 6.45. The van der Waals surface area contributed by atoms with Gasteiger partial charge in [-0.2, -0.15) is 0 Å². The van der Waals surface area contributed by atoms with Crippen molar-refractivity contribution in [3.05, 3.63) is 69.9 Å². The van der Waals surface area contributed by atoms with Gasteiger partial charge in [0.1, 0.15) is 5.70 Å². The number of hydrogen-bond donors (Lipinski definition) is 0. The summed E-state index contributed by atoms with van der Waals surface area (Å²) in [7, 11) is 0. The average molecular weight is 374 g/mol. The molecule has 144 valence electrons. The molecule has 4 nitrogen and oxygen atoms in total. The molecular weight excluding hydrogens is 348 g/mol. The van der Waals surface area contributed by atoms with E-state index in [0.29, 0.717) is 17.0 Å². The molecule has 0 spiro atoms. The van der Waals surface area contributed by atoms with Gasteiger partial charge >= 0.3 is 0 Å². The van der Waals surface area contributed by atoms with Crippen LogP contribution in [0.4, 0.5) is 5.69 Å². The third-order valence-corrected chi connectivity index (χ3v) is 5.95. The number of carbonyl (C=O) groups excluding carboxylic acids is 2. The molecule has 4 heteroatoms. The van der Waals surface area contributed by atoms with Gasteiger partial charge in [-0.15, -0.1) is 0 Å². The average Bonchev–Trinajstić information content (AvgIpc) is 3.25. The maximum Gasteiger partial charge on any atom is 0.282 e. The van der Waals surface area contributed by atoms with Crippen LogP contribution >= 0.6 is 0 Å². The summed E-state index contributed by atoms with van der Waals surface area (Å²) >= 11 is 0. The van der Waals surface area contributed by atoms with E-state index in [2.05, 4.69) is 11.0 Å². The molecule has 0 aliphatic carbocycles. The highest BCUT2D eigenvalue weighted by Gasteiger charge is 2.43. The first-order valence-corrected chi connectivity index (χ1v) is 9.92. The normalized spacial score (nSPS) is 17.3. The highest BCUT2D eigenvalue weighted by atomic mass is 16.2. The zero-order valence-corrected chi connectivity index (χ0v) is 17.0. The summed E-state index contributed by atoms with van der Waals surface area (Å²) in [6, 6.07) is 11.8. The summed E-state index contributed by atoms with van der Waals surface area (Å²) in [6.07, 6.45) is 2.10. The van der Waals surface area contributed by atoms with Crippen molar-refractivity contribution < 1.29 is 9.59 Å². The SMILES string of the molecule is Cc1ccc(C2=C(N3CCCC3)C(=O)N(c3cccc(C)c3C)C2=O)c(C)c1. The quantitative estimate of drug-likeness (QED) is 0.752. The number of amides is 2. The number of aryl methyl sites for hydroxylation is 3. The topological polar surface area (TPSA) is 40.6 Å². The Bertz CT molecular complexity index is 1010. The summed E-state index contributed by atoms with van der Waals surface area (Å²) in [5, 5.41) is 0. The molecule has 28 heavy (non-hydrogen) atoms. The van der Waals surface area contributed by atoms with Crippen LogP contribution in [0.2, 0.25) is 0 Å². The number of nitrogens with zero attached hydrogens (tertiary/aromatic N) is 2. The van der Waals surface area contributed by atoms with Crippen molar-refractivity contribution in [2.24, 2.45) is 0 Å². The number of hydrogen-bond acceptors (Lipinski definition) is 3. The third kappa shape index (κ3) is 2.84. The van der Waals surface area contributed by atoms with Crippen molar-refractivity contribution in [3.8, 4) is 0 Å². The second kappa shape index (κ2) is 6.93. The molecule has 2 aliphatic heterocycles. The van der Waals surface area contributed by atoms with Crippen molar-refractivity contribution in [1.82, 2.24) is 4.90 Å². The maximum absolute atomic E-state index is 13.6. The first kappa shape index (κ1) is 18.5. The molecule has 0 bridgehead atoms. The van der Waals surface area contributed by atoms with Crippen LogP contribution in [0.5, 0.6) is 0 Å². The van der Waals surface area contributed by atoms with E-state index in [-0.39, 0.29) is 11.8 Å². The van der Waals surface area contributed by atoms with Gasteiger partial charge in [0, 0.05) is 13.1 Å². The third-order valence-electron chi connectivity index (χ3n) is 5.95. The monoisotopic (exact) mass is 374 g/mol. The van der Waals surface area contributed by atoms with Gasteiger partial charge in [-0.05, 0) is 68.9 Å². The summed E-state index contributed by atoms with van der Waals surface area (Å²) in [4.78, 5) is 30.6. The number of benzene rings is 2. The molecule has 2 aromatic rings. The van der Waals surface area contributed by atoms with E-state index in [9.17, 15) is 9.59 Å². The molecule has 2 aromatic carbocycles. The van der Waals surface area contributed by atoms with Crippen LogP contribution in [0.1, 0.15) is 40.7 Å². The van der Waals surface area contributed by atoms with Crippen LogP contribution in [-0.4, -0.2) is 29.8 Å². The van der Waals surface area contributed by atoms with E-state index in [1.54, 1.807) is 0 Å². The molecule has 1 saturated heterocycles. The van der Waals surface area contributed by atoms with Crippen molar-refractivity contribution in [3.63, 3.8) is 0 Å². The van der Waals surface area contributed by atoms with Crippen molar-refractivity contribution in [2.75, 3.05) is 18.0 Å². The number of rotatable bonds is 3. The minimum atomic E-state index is -0.215. The lowest BCUT2D eigenvalue weighted by Crippen LogP contribution is -2.35.